The normalized spacial score (nSPS) is 13.1. The smallest absolute Gasteiger partial charge is 0.0921 e. The van der Waals surface area contributed by atoms with Crippen molar-refractivity contribution in [2.24, 2.45) is 0 Å². The quantitative estimate of drug-likeness (QED) is 0.848. The maximum absolute atomic E-state index is 10.3. The van der Waals surface area contributed by atoms with Gasteiger partial charge in [0.1, 0.15) is 0 Å². The van der Waals surface area contributed by atoms with E-state index in [4.69, 9.17) is 0 Å². The summed E-state index contributed by atoms with van der Waals surface area (Å²) in [4.78, 5) is 2.18. The summed E-state index contributed by atoms with van der Waals surface area (Å²) in [5.41, 5.74) is 4.75. The number of hydrogen-bond donors (Lipinski definition) is 1. The third-order valence-electron chi connectivity index (χ3n) is 3.16. The SMILES string of the molecule is CCCN(C)CC(O)c1c(C)cc(C)cc1C. The molecule has 2 nitrogen and oxygen atoms in total. The molecule has 1 rings (SSSR count). The lowest BCUT2D eigenvalue weighted by Crippen LogP contribution is -2.26. The molecule has 1 aromatic carbocycles. The molecule has 0 radical (unpaired) electrons. The zero-order valence-corrected chi connectivity index (χ0v) is 11.7. The Morgan fingerprint density at radius 3 is 2.18 bits per heavy atom. The topological polar surface area (TPSA) is 23.5 Å². The number of nitrogens with zero attached hydrogens (tertiary/aromatic N) is 1. The van der Waals surface area contributed by atoms with Gasteiger partial charge in [-0.15, -0.1) is 0 Å². The zero-order valence-electron chi connectivity index (χ0n) is 11.7. The molecule has 2 heteroatoms. The highest BCUT2D eigenvalue weighted by Gasteiger charge is 2.15. The van der Waals surface area contributed by atoms with Crippen LogP contribution in [-0.4, -0.2) is 30.1 Å². The van der Waals surface area contributed by atoms with Crippen LogP contribution in [0.1, 0.15) is 41.7 Å². The molecule has 17 heavy (non-hydrogen) atoms. The highest BCUT2D eigenvalue weighted by Crippen LogP contribution is 2.24. The van der Waals surface area contributed by atoms with Crippen LogP contribution in [0.5, 0.6) is 0 Å². The zero-order chi connectivity index (χ0) is 13.0. The molecule has 1 aromatic rings. The molecule has 0 bridgehead atoms. The predicted octanol–water partition coefficient (Wildman–Crippen LogP) is 2.99. The number of aliphatic hydroxyl groups is 1. The Labute approximate surface area is 105 Å². The van der Waals surface area contributed by atoms with E-state index in [1.54, 1.807) is 0 Å². The summed E-state index contributed by atoms with van der Waals surface area (Å²) in [6.45, 7) is 10.2. The maximum Gasteiger partial charge on any atom is 0.0921 e. The number of aliphatic hydroxyl groups excluding tert-OH is 1. The molecule has 1 atom stereocenters. The van der Waals surface area contributed by atoms with Gasteiger partial charge in [0.2, 0.25) is 0 Å². The van der Waals surface area contributed by atoms with Crippen LogP contribution in [0.4, 0.5) is 0 Å². The number of rotatable bonds is 5. The molecule has 1 N–H and O–H groups in total. The third-order valence-corrected chi connectivity index (χ3v) is 3.16. The van der Waals surface area contributed by atoms with Crippen molar-refractivity contribution in [1.82, 2.24) is 4.90 Å². The average Bonchev–Trinajstić information content (AvgIpc) is 2.15. The van der Waals surface area contributed by atoms with Gasteiger partial charge in [-0.2, -0.15) is 0 Å². The van der Waals surface area contributed by atoms with Gasteiger partial charge in [-0.3, -0.25) is 0 Å². The summed E-state index contributed by atoms with van der Waals surface area (Å²) >= 11 is 0. The lowest BCUT2D eigenvalue weighted by molar-refractivity contribution is 0.126. The lowest BCUT2D eigenvalue weighted by Gasteiger charge is -2.23. The summed E-state index contributed by atoms with van der Waals surface area (Å²) in [7, 11) is 2.06. The Kier molecular flexibility index (Phi) is 5.16. The van der Waals surface area contributed by atoms with Crippen LogP contribution in [0.2, 0.25) is 0 Å². The van der Waals surface area contributed by atoms with E-state index in [2.05, 4.69) is 51.8 Å². The molecular formula is C15H25NO. The molecule has 0 aliphatic heterocycles. The van der Waals surface area contributed by atoms with E-state index in [1.165, 1.54) is 16.7 Å². The van der Waals surface area contributed by atoms with Crippen molar-refractivity contribution >= 4 is 0 Å². The van der Waals surface area contributed by atoms with Gasteiger partial charge in [-0.1, -0.05) is 24.6 Å². The van der Waals surface area contributed by atoms with Crippen molar-refractivity contribution in [2.45, 2.75) is 40.2 Å². The summed E-state index contributed by atoms with van der Waals surface area (Å²) in [6.07, 6.45) is 0.738. The van der Waals surface area contributed by atoms with E-state index < -0.39 is 0 Å². The second-order valence-electron chi connectivity index (χ2n) is 5.09. The fourth-order valence-electron chi connectivity index (χ4n) is 2.58. The number of aryl methyl sites for hydroxylation is 3. The van der Waals surface area contributed by atoms with Gasteiger partial charge in [-0.25, -0.2) is 0 Å². The first-order valence-electron chi connectivity index (χ1n) is 6.40. The Morgan fingerprint density at radius 1 is 1.18 bits per heavy atom. The van der Waals surface area contributed by atoms with Gasteiger partial charge in [-0.05, 0) is 57.5 Å². The van der Waals surface area contributed by atoms with Crippen molar-refractivity contribution < 1.29 is 5.11 Å². The van der Waals surface area contributed by atoms with Crippen molar-refractivity contribution in [3.63, 3.8) is 0 Å². The van der Waals surface area contributed by atoms with Gasteiger partial charge < -0.3 is 10.0 Å². The highest BCUT2D eigenvalue weighted by atomic mass is 16.3. The highest BCUT2D eigenvalue weighted by molar-refractivity contribution is 5.39. The largest absolute Gasteiger partial charge is 0.387 e. The molecular weight excluding hydrogens is 210 g/mol. The van der Waals surface area contributed by atoms with Crippen molar-refractivity contribution in [3.05, 3.63) is 34.4 Å². The number of likely N-dealkylation sites (N-methyl/N-ethyl adjacent to an activating group) is 1. The number of hydrogen-bond acceptors (Lipinski definition) is 2. The van der Waals surface area contributed by atoms with Gasteiger partial charge in [0.05, 0.1) is 6.10 Å². The minimum Gasteiger partial charge on any atom is -0.387 e. The summed E-state index contributed by atoms with van der Waals surface area (Å²) < 4.78 is 0. The summed E-state index contributed by atoms with van der Waals surface area (Å²) in [5.74, 6) is 0. The summed E-state index contributed by atoms with van der Waals surface area (Å²) in [5, 5.41) is 10.3. The third kappa shape index (κ3) is 3.83. The minimum atomic E-state index is -0.382. The molecule has 0 amide bonds. The minimum absolute atomic E-state index is 0.382. The monoisotopic (exact) mass is 235 g/mol. The molecule has 0 saturated carbocycles. The Balaban J connectivity index is 2.85. The predicted molar refractivity (Wildman–Crippen MR) is 73.4 cm³/mol. The van der Waals surface area contributed by atoms with E-state index >= 15 is 0 Å². The van der Waals surface area contributed by atoms with E-state index in [0.29, 0.717) is 6.54 Å². The molecule has 0 aromatic heterocycles. The fraction of sp³-hybridized carbons (Fsp3) is 0.600. The van der Waals surface area contributed by atoms with Crippen LogP contribution in [0.15, 0.2) is 12.1 Å². The first-order valence-corrected chi connectivity index (χ1v) is 6.40. The van der Waals surface area contributed by atoms with Gasteiger partial charge in [0.15, 0.2) is 0 Å². The second kappa shape index (κ2) is 6.18. The average molecular weight is 235 g/mol. The molecule has 0 heterocycles. The molecule has 0 aliphatic rings. The summed E-state index contributed by atoms with van der Waals surface area (Å²) in [6, 6.07) is 4.29. The molecule has 0 aliphatic carbocycles. The van der Waals surface area contributed by atoms with Crippen molar-refractivity contribution in [2.75, 3.05) is 20.1 Å². The fourth-order valence-corrected chi connectivity index (χ4v) is 2.58. The van der Waals surface area contributed by atoms with E-state index in [-0.39, 0.29) is 6.10 Å². The Bertz CT molecular complexity index is 350. The van der Waals surface area contributed by atoms with Crippen LogP contribution in [-0.2, 0) is 0 Å². The first kappa shape index (κ1) is 14.2. The van der Waals surface area contributed by atoms with Gasteiger partial charge in [0, 0.05) is 6.54 Å². The van der Waals surface area contributed by atoms with Gasteiger partial charge >= 0.3 is 0 Å². The van der Waals surface area contributed by atoms with Crippen molar-refractivity contribution in [1.29, 1.82) is 0 Å². The Hall–Kier alpha value is -0.860. The van der Waals surface area contributed by atoms with E-state index in [1.807, 2.05) is 0 Å². The molecule has 0 fully saturated rings. The lowest BCUT2D eigenvalue weighted by atomic mass is 9.95. The van der Waals surface area contributed by atoms with Crippen molar-refractivity contribution in [3.8, 4) is 0 Å². The molecule has 0 saturated heterocycles. The molecule has 96 valence electrons. The second-order valence-corrected chi connectivity index (χ2v) is 5.09. The maximum atomic E-state index is 10.3. The molecule has 1 unspecified atom stereocenters. The van der Waals surface area contributed by atoms with Crippen LogP contribution < -0.4 is 0 Å². The van der Waals surface area contributed by atoms with Crippen LogP contribution in [0.25, 0.3) is 0 Å². The van der Waals surface area contributed by atoms with Crippen LogP contribution in [0.3, 0.4) is 0 Å². The standard InChI is InChI=1S/C15H25NO/c1-6-7-16(5)10-14(17)15-12(3)8-11(2)9-13(15)4/h8-9,14,17H,6-7,10H2,1-5H3. The molecule has 0 spiro atoms. The number of benzene rings is 1. The Morgan fingerprint density at radius 2 is 1.71 bits per heavy atom. The van der Waals surface area contributed by atoms with Crippen LogP contribution >= 0.6 is 0 Å². The van der Waals surface area contributed by atoms with Crippen LogP contribution in [0, 0.1) is 20.8 Å². The first-order chi connectivity index (χ1) is 7.95. The van der Waals surface area contributed by atoms with E-state index in [9.17, 15) is 5.11 Å². The van der Waals surface area contributed by atoms with E-state index in [0.717, 1.165) is 18.5 Å². The van der Waals surface area contributed by atoms with Gasteiger partial charge in [0.25, 0.3) is 0 Å².